The first-order valence-corrected chi connectivity index (χ1v) is 9.56. The predicted molar refractivity (Wildman–Crippen MR) is 106 cm³/mol. The number of allylic oxidation sites excluding steroid dienone is 2. The minimum Gasteiger partial charge on any atom is -1.00 e. The maximum atomic E-state index is 12.6. The Bertz CT molecular complexity index is 1150. The molecule has 0 aliphatic carbocycles. The molecule has 1 aromatic carbocycles. The third-order valence-corrected chi connectivity index (χ3v) is 6.07. The second kappa shape index (κ2) is 7.65. The Balaban J connectivity index is 0.00000136. The molecule has 8 heteroatoms. The molecule has 1 aromatic heterocycles. The van der Waals surface area contributed by atoms with Gasteiger partial charge in [-0.05, 0) is 30.2 Å². The number of para-hydroxylation sites is 1. The number of carboxylic acids is 1. The third-order valence-electron chi connectivity index (χ3n) is 6.07. The van der Waals surface area contributed by atoms with Crippen molar-refractivity contribution in [3.05, 3.63) is 59.4 Å². The smallest absolute Gasteiger partial charge is 1.00 e. The van der Waals surface area contributed by atoms with E-state index in [1.165, 1.54) is 11.8 Å². The van der Waals surface area contributed by atoms with Gasteiger partial charge in [0.1, 0.15) is 11.7 Å². The molecule has 148 valence electrons. The minimum atomic E-state index is -1.12. The molecule has 0 saturated carbocycles. The molecule has 30 heavy (non-hydrogen) atoms. The molecule has 1 N–H and O–H groups in total. The topological polar surface area (TPSA) is 90.8 Å². The Hall–Kier alpha value is -2.48. The van der Waals surface area contributed by atoms with Gasteiger partial charge in [-0.1, -0.05) is 30.3 Å². The summed E-state index contributed by atoms with van der Waals surface area (Å²) in [5.74, 6) is -1.53. The van der Waals surface area contributed by atoms with Crippen LogP contribution in [0.25, 0.3) is 17.0 Å². The molecule has 2 fully saturated rings. The van der Waals surface area contributed by atoms with Crippen molar-refractivity contribution in [3.8, 4) is 0 Å². The van der Waals surface area contributed by atoms with Gasteiger partial charge in [0.15, 0.2) is 0 Å². The minimum absolute atomic E-state index is 0. The molecule has 5 rings (SSSR count). The van der Waals surface area contributed by atoms with Crippen LogP contribution in [0, 0.1) is 5.92 Å². The van der Waals surface area contributed by atoms with Gasteiger partial charge < -0.3 is 11.4 Å². The van der Waals surface area contributed by atoms with E-state index in [9.17, 15) is 19.5 Å². The van der Waals surface area contributed by atoms with Crippen LogP contribution in [0.3, 0.4) is 0 Å². The van der Waals surface area contributed by atoms with Gasteiger partial charge in [-0.25, -0.2) is 9.78 Å². The number of hydrogen-bond donors (Lipinski definition) is 1. The van der Waals surface area contributed by atoms with E-state index >= 15 is 0 Å². The van der Waals surface area contributed by atoms with Crippen LogP contribution in [0.1, 0.15) is 20.5 Å². The number of β-lactam (4-membered cyclic amide) rings is 1. The maximum absolute atomic E-state index is 12.6. The van der Waals surface area contributed by atoms with E-state index in [-0.39, 0.29) is 60.5 Å². The number of carboxylic acid groups (broad SMARTS) is 1. The summed E-state index contributed by atoms with van der Waals surface area (Å²) in [6.07, 6.45) is 4.04. The summed E-state index contributed by atoms with van der Waals surface area (Å²) < 4.78 is 0. The Morgan fingerprint density at radius 1 is 1.20 bits per heavy atom. The predicted octanol–water partition coefficient (Wildman–Crippen LogP) is -0.835. The summed E-state index contributed by atoms with van der Waals surface area (Å²) in [6, 6.07) is 10.9. The molecule has 0 unspecified atom stereocenters. The molecule has 3 aliphatic heterocycles. The first-order chi connectivity index (χ1) is 14.0. The van der Waals surface area contributed by atoms with Crippen LogP contribution in [-0.2, 0) is 14.4 Å². The average molecular weight is 413 g/mol. The molecule has 2 saturated heterocycles. The molecule has 0 spiro atoms. The van der Waals surface area contributed by atoms with E-state index in [4.69, 9.17) is 0 Å². The molecule has 7 nitrogen and oxygen atoms in total. The number of hydrogen-bond acceptors (Lipinski definition) is 4. The normalized spacial score (nSPS) is 24.7. The zero-order chi connectivity index (χ0) is 20.3. The summed E-state index contributed by atoms with van der Waals surface area (Å²) in [4.78, 5) is 44.0. The number of amides is 2. The Morgan fingerprint density at radius 3 is 2.70 bits per heavy atom. The molecular formula is C22H20N3NaO4. The van der Waals surface area contributed by atoms with Gasteiger partial charge in [0.05, 0.1) is 17.3 Å². The number of nitrogens with zero attached hydrogens (tertiary/aromatic N) is 3. The molecule has 2 amide bonds. The van der Waals surface area contributed by atoms with Crippen molar-refractivity contribution in [3.63, 3.8) is 0 Å². The number of carbonyl (C=O) groups is 3. The van der Waals surface area contributed by atoms with Gasteiger partial charge in [-0.3, -0.25) is 14.5 Å². The average Bonchev–Trinajstić information content (AvgIpc) is 3.08. The van der Waals surface area contributed by atoms with Crippen LogP contribution in [0.15, 0.2) is 53.7 Å². The second-order valence-corrected chi connectivity index (χ2v) is 7.72. The largest absolute Gasteiger partial charge is 1.00 e. The molecular weight excluding hydrogens is 393 g/mol. The summed E-state index contributed by atoms with van der Waals surface area (Å²) >= 11 is 0. The summed E-state index contributed by atoms with van der Waals surface area (Å²) in [6.45, 7) is 1.93. The van der Waals surface area contributed by atoms with Gasteiger partial charge in [0.2, 0.25) is 5.91 Å². The fourth-order valence-electron chi connectivity index (χ4n) is 4.81. The van der Waals surface area contributed by atoms with E-state index in [2.05, 4.69) is 4.98 Å². The Labute approximate surface area is 196 Å². The summed E-state index contributed by atoms with van der Waals surface area (Å²) in [5.41, 5.74) is 2.19. The number of aliphatic carboxylic acids is 1. The third kappa shape index (κ3) is 3.09. The van der Waals surface area contributed by atoms with Gasteiger partial charge in [0, 0.05) is 24.8 Å². The van der Waals surface area contributed by atoms with Gasteiger partial charge >= 0.3 is 35.5 Å². The standard InChI is InChI=1S/C22H19N3O4.Na.H/c1-12(26)24-11-15-10-14(19(22(28)29)25-18(15)20(24)21(25)27)7-9-16-8-6-13-4-2-3-5-17(13)23-16;;/h2-9,15,18,20H,10-11H2,1H3,(H,28,29);;/q;+1;-1/b9-7+;;/t15-,18-,20+;;/m1../s1. The van der Waals surface area contributed by atoms with E-state index < -0.39 is 12.0 Å². The molecule has 3 aliphatic rings. The van der Waals surface area contributed by atoms with E-state index in [1.807, 2.05) is 36.4 Å². The van der Waals surface area contributed by atoms with E-state index in [0.29, 0.717) is 24.2 Å². The zero-order valence-corrected chi connectivity index (χ0v) is 18.8. The van der Waals surface area contributed by atoms with Gasteiger partial charge in [-0.15, -0.1) is 0 Å². The van der Waals surface area contributed by atoms with Crippen LogP contribution >= 0.6 is 0 Å². The summed E-state index contributed by atoms with van der Waals surface area (Å²) in [5, 5.41) is 10.8. The van der Waals surface area contributed by atoms with Crippen LogP contribution in [0.4, 0.5) is 0 Å². The number of rotatable bonds is 3. The van der Waals surface area contributed by atoms with Crippen molar-refractivity contribution in [1.82, 2.24) is 14.8 Å². The Kier molecular flexibility index (Phi) is 5.30. The van der Waals surface area contributed by atoms with Gasteiger partial charge in [-0.2, -0.15) is 0 Å². The number of carbonyl (C=O) groups excluding carboxylic acids is 2. The zero-order valence-electron chi connectivity index (χ0n) is 17.8. The quantitative estimate of drug-likeness (QED) is 0.524. The van der Waals surface area contributed by atoms with Crippen LogP contribution < -0.4 is 29.6 Å². The van der Waals surface area contributed by atoms with E-state index in [0.717, 1.165) is 10.9 Å². The SMILES string of the molecule is CC(=O)N1C[C@H]2CC(/C=C/c3ccc4ccccc4n3)=C(C(=O)O)N3C(=O)[C@@H]1[C@@H]23.[H-].[Na+]. The van der Waals surface area contributed by atoms with Gasteiger partial charge in [0.25, 0.3) is 5.91 Å². The molecule has 3 atom stereocenters. The molecule has 4 heterocycles. The second-order valence-electron chi connectivity index (χ2n) is 7.72. The van der Waals surface area contributed by atoms with Crippen LogP contribution in [0.2, 0.25) is 0 Å². The Morgan fingerprint density at radius 2 is 1.97 bits per heavy atom. The van der Waals surface area contributed by atoms with Crippen LogP contribution in [-0.4, -0.2) is 56.3 Å². The van der Waals surface area contributed by atoms with Crippen molar-refractivity contribution in [2.24, 2.45) is 5.92 Å². The van der Waals surface area contributed by atoms with Crippen molar-refractivity contribution >= 4 is 34.8 Å². The van der Waals surface area contributed by atoms with Crippen molar-refractivity contribution in [2.45, 2.75) is 25.4 Å². The first kappa shape index (κ1) is 20.8. The monoisotopic (exact) mass is 413 g/mol. The first-order valence-electron chi connectivity index (χ1n) is 9.56. The molecule has 0 radical (unpaired) electrons. The fraction of sp³-hybridized carbons (Fsp3) is 0.273. The van der Waals surface area contributed by atoms with Crippen molar-refractivity contribution in [1.29, 1.82) is 0 Å². The maximum Gasteiger partial charge on any atom is 1.00 e. The van der Waals surface area contributed by atoms with E-state index in [1.54, 1.807) is 17.1 Å². The van der Waals surface area contributed by atoms with Crippen LogP contribution in [0.5, 0.6) is 0 Å². The number of benzene rings is 1. The number of pyridine rings is 1. The van der Waals surface area contributed by atoms with Crippen molar-refractivity contribution < 1.29 is 50.5 Å². The molecule has 0 bridgehead atoms. The summed E-state index contributed by atoms with van der Waals surface area (Å²) in [7, 11) is 0. The number of likely N-dealkylation sites (tertiary alicyclic amines) is 1. The molecule has 2 aromatic rings. The fourth-order valence-corrected chi connectivity index (χ4v) is 4.81. The number of fused-ring (bicyclic) bond motifs is 1. The van der Waals surface area contributed by atoms with Crippen molar-refractivity contribution in [2.75, 3.05) is 6.54 Å². The number of aromatic nitrogens is 1.